The first-order valence-electron chi connectivity index (χ1n) is 6.65. The summed E-state index contributed by atoms with van der Waals surface area (Å²) in [5.74, 6) is -1.32. The average molecular weight is 291 g/mol. The molecule has 0 spiro atoms. The Kier molecular flexibility index (Phi) is 3.16. The minimum absolute atomic E-state index is 0.00595. The molecule has 0 atom stereocenters. The maximum atomic E-state index is 13.2. The molecule has 6 heteroatoms. The van der Waals surface area contributed by atoms with Crippen molar-refractivity contribution in [2.24, 2.45) is 5.92 Å². The van der Waals surface area contributed by atoms with E-state index in [1.54, 1.807) is 11.8 Å². The highest BCUT2D eigenvalue weighted by atomic mass is 19.1. The Morgan fingerprint density at radius 1 is 1.43 bits per heavy atom. The molecule has 1 saturated heterocycles. The van der Waals surface area contributed by atoms with Gasteiger partial charge in [0.05, 0.1) is 6.42 Å². The number of amides is 1. The molecule has 1 aromatic heterocycles. The number of carbonyl (C=O) groups excluding carboxylic acids is 1. The Labute approximate surface area is 119 Å². The Bertz CT molecular complexity index is 731. The molecule has 1 amide bonds. The number of carbonyl (C=O) groups is 2. The third-order valence-corrected chi connectivity index (χ3v) is 3.80. The van der Waals surface area contributed by atoms with Crippen LogP contribution in [0.2, 0.25) is 0 Å². The molecular formula is C15H14FNO4. The van der Waals surface area contributed by atoms with Crippen molar-refractivity contribution in [3.63, 3.8) is 0 Å². The summed E-state index contributed by atoms with van der Waals surface area (Å²) in [6, 6.07) is 4.12. The van der Waals surface area contributed by atoms with Gasteiger partial charge in [-0.25, -0.2) is 4.39 Å². The van der Waals surface area contributed by atoms with E-state index in [0.717, 1.165) is 0 Å². The summed E-state index contributed by atoms with van der Waals surface area (Å²) in [4.78, 5) is 24.5. The van der Waals surface area contributed by atoms with Crippen LogP contribution in [0.1, 0.15) is 22.5 Å². The zero-order valence-electron chi connectivity index (χ0n) is 11.4. The van der Waals surface area contributed by atoms with Crippen LogP contribution in [-0.2, 0) is 4.79 Å². The maximum Gasteiger partial charge on any atom is 0.303 e. The van der Waals surface area contributed by atoms with E-state index in [1.165, 1.54) is 18.2 Å². The van der Waals surface area contributed by atoms with Crippen LogP contribution < -0.4 is 0 Å². The molecule has 0 bridgehead atoms. The van der Waals surface area contributed by atoms with Crippen LogP contribution in [0.25, 0.3) is 11.0 Å². The Hall–Kier alpha value is -2.37. The van der Waals surface area contributed by atoms with Crippen LogP contribution in [0.3, 0.4) is 0 Å². The van der Waals surface area contributed by atoms with Crippen LogP contribution in [0.15, 0.2) is 22.6 Å². The van der Waals surface area contributed by atoms with Crippen molar-refractivity contribution in [1.82, 2.24) is 4.90 Å². The number of rotatable bonds is 3. The maximum absolute atomic E-state index is 13.2. The van der Waals surface area contributed by atoms with Crippen LogP contribution in [0.4, 0.5) is 4.39 Å². The van der Waals surface area contributed by atoms with Crippen LogP contribution in [0.5, 0.6) is 0 Å². The van der Waals surface area contributed by atoms with Gasteiger partial charge >= 0.3 is 5.97 Å². The van der Waals surface area contributed by atoms with E-state index in [4.69, 9.17) is 9.52 Å². The highest BCUT2D eigenvalue weighted by molar-refractivity contribution is 5.99. The summed E-state index contributed by atoms with van der Waals surface area (Å²) in [7, 11) is 0. The fourth-order valence-corrected chi connectivity index (χ4v) is 2.65. The fraction of sp³-hybridized carbons (Fsp3) is 0.333. The molecule has 5 nitrogen and oxygen atoms in total. The van der Waals surface area contributed by atoms with Crippen LogP contribution in [-0.4, -0.2) is 35.0 Å². The molecule has 1 aromatic carbocycles. The van der Waals surface area contributed by atoms with Gasteiger partial charge in [-0.1, -0.05) is 0 Å². The van der Waals surface area contributed by atoms with Crippen molar-refractivity contribution in [3.05, 3.63) is 35.3 Å². The van der Waals surface area contributed by atoms with Crippen LogP contribution in [0, 0.1) is 18.7 Å². The van der Waals surface area contributed by atoms with Crippen molar-refractivity contribution in [3.8, 4) is 0 Å². The third kappa shape index (κ3) is 2.37. The molecule has 3 rings (SSSR count). The van der Waals surface area contributed by atoms with Gasteiger partial charge in [0.1, 0.15) is 11.4 Å². The van der Waals surface area contributed by atoms with E-state index in [0.29, 0.717) is 29.6 Å². The number of likely N-dealkylation sites (tertiary alicyclic amines) is 1. The van der Waals surface area contributed by atoms with E-state index in [1.807, 2.05) is 0 Å². The van der Waals surface area contributed by atoms with Gasteiger partial charge in [0, 0.05) is 30.0 Å². The summed E-state index contributed by atoms with van der Waals surface area (Å²) >= 11 is 0. The number of hydrogen-bond donors (Lipinski definition) is 1. The predicted octanol–water partition coefficient (Wildman–Crippen LogP) is 2.43. The second-order valence-electron chi connectivity index (χ2n) is 5.37. The largest absolute Gasteiger partial charge is 0.481 e. The van der Waals surface area contributed by atoms with Gasteiger partial charge in [-0.05, 0) is 25.1 Å². The Morgan fingerprint density at radius 3 is 2.81 bits per heavy atom. The standard InChI is InChI=1S/C15H14FNO4/c1-8-11-5-10(16)2-3-12(11)21-14(8)15(20)17-6-9(7-17)4-13(18)19/h2-3,5,9H,4,6-7H2,1H3,(H,18,19). The molecule has 110 valence electrons. The topological polar surface area (TPSA) is 70.8 Å². The number of fused-ring (bicyclic) bond motifs is 1. The number of aryl methyl sites for hydroxylation is 1. The highest BCUT2D eigenvalue weighted by Gasteiger charge is 2.34. The minimum atomic E-state index is -0.859. The first kappa shape index (κ1) is 13.6. The van der Waals surface area contributed by atoms with Gasteiger partial charge in [-0.2, -0.15) is 0 Å². The van der Waals surface area contributed by atoms with Gasteiger partial charge in [-0.15, -0.1) is 0 Å². The monoisotopic (exact) mass is 291 g/mol. The number of halogens is 1. The van der Waals surface area contributed by atoms with E-state index in [-0.39, 0.29) is 29.8 Å². The Balaban J connectivity index is 1.80. The number of hydrogen-bond acceptors (Lipinski definition) is 3. The summed E-state index contributed by atoms with van der Waals surface area (Å²) in [6.45, 7) is 2.54. The highest BCUT2D eigenvalue weighted by Crippen LogP contribution is 2.29. The lowest BCUT2D eigenvalue weighted by Crippen LogP contribution is -2.50. The van der Waals surface area contributed by atoms with Crippen molar-refractivity contribution in [1.29, 1.82) is 0 Å². The van der Waals surface area contributed by atoms with Gasteiger partial charge in [-0.3, -0.25) is 9.59 Å². The molecule has 0 aliphatic carbocycles. The van der Waals surface area contributed by atoms with E-state index in [9.17, 15) is 14.0 Å². The first-order chi connectivity index (χ1) is 9.95. The predicted molar refractivity (Wildman–Crippen MR) is 72.6 cm³/mol. The molecule has 2 aromatic rings. The van der Waals surface area contributed by atoms with Gasteiger partial charge in [0.2, 0.25) is 0 Å². The zero-order chi connectivity index (χ0) is 15.1. The zero-order valence-corrected chi connectivity index (χ0v) is 11.4. The third-order valence-electron chi connectivity index (χ3n) is 3.80. The van der Waals surface area contributed by atoms with E-state index >= 15 is 0 Å². The Morgan fingerprint density at radius 2 is 2.14 bits per heavy atom. The molecule has 21 heavy (non-hydrogen) atoms. The number of carboxylic acids is 1. The summed E-state index contributed by atoms with van der Waals surface area (Å²) < 4.78 is 18.8. The molecule has 1 N–H and O–H groups in total. The number of furan rings is 1. The second kappa shape index (κ2) is 4.87. The molecule has 0 radical (unpaired) electrons. The van der Waals surface area contributed by atoms with Gasteiger partial charge < -0.3 is 14.4 Å². The SMILES string of the molecule is Cc1c(C(=O)N2CC(CC(=O)O)C2)oc2ccc(F)cc12. The van der Waals surface area contributed by atoms with Gasteiger partial charge in [0.25, 0.3) is 5.91 Å². The number of aliphatic carboxylic acids is 1. The van der Waals surface area contributed by atoms with Crippen molar-refractivity contribution in [2.45, 2.75) is 13.3 Å². The van der Waals surface area contributed by atoms with Gasteiger partial charge in [0.15, 0.2) is 5.76 Å². The lowest BCUT2D eigenvalue weighted by Gasteiger charge is -2.38. The molecule has 0 unspecified atom stereocenters. The number of carboxylic acid groups (broad SMARTS) is 1. The molecule has 1 aliphatic rings. The lowest BCUT2D eigenvalue weighted by atomic mass is 9.96. The van der Waals surface area contributed by atoms with E-state index in [2.05, 4.69) is 0 Å². The summed E-state index contributed by atoms with van der Waals surface area (Å²) in [5.41, 5.74) is 1.08. The minimum Gasteiger partial charge on any atom is -0.481 e. The first-order valence-corrected chi connectivity index (χ1v) is 6.65. The number of nitrogens with zero attached hydrogens (tertiary/aromatic N) is 1. The molecule has 1 aliphatic heterocycles. The van der Waals surface area contributed by atoms with Crippen LogP contribution >= 0.6 is 0 Å². The smallest absolute Gasteiger partial charge is 0.303 e. The second-order valence-corrected chi connectivity index (χ2v) is 5.37. The fourth-order valence-electron chi connectivity index (χ4n) is 2.65. The number of benzene rings is 1. The van der Waals surface area contributed by atoms with Crippen molar-refractivity contribution >= 4 is 22.8 Å². The summed E-state index contributed by atoms with van der Waals surface area (Å²) in [5, 5.41) is 9.28. The van der Waals surface area contributed by atoms with Crippen molar-refractivity contribution in [2.75, 3.05) is 13.1 Å². The molecule has 2 heterocycles. The van der Waals surface area contributed by atoms with E-state index < -0.39 is 5.97 Å². The molecular weight excluding hydrogens is 277 g/mol. The summed E-state index contributed by atoms with van der Waals surface area (Å²) in [6.07, 6.45) is 0.0636. The molecule has 1 fully saturated rings. The lowest BCUT2D eigenvalue weighted by molar-refractivity contribution is -0.139. The molecule has 0 saturated carbocycles. The quantitative estimate of drug-likeness (QED) is 0.942. The van der Waals surface area contributed by atoms with Crippen molar-refractivity contribution < 1.29 is 23.5 Å². The normalized spacial score (nSPS) is 15.2. The average Bonchev–Trinajstić information content (AvgIpc) is 2.70.